The molecule has 0 radical (unpaired) electrons. The zero-order chi connectivity index (χ0) is 19.0. The molecular formula is C22H28N2O3. The normalized spacial score (nSPS) is 26.5. The highest BCUT2D eigenvalue weighted by Crippen LogP contribution is 2.41. The van der Waals surface area contributed by atoms with Gasteiger partial charge in [0.1, 0.15) is 0 Å². The molecule has 2 fully saturated rings. The van der Waals surface area contributed by atoms with E-state index in [1.54, 1.807) is 0 Å². The van der Waals surface area contributed by atoms with Crippen molar-refractivity contribution in [2.75, 3.05) is 31.2 Å². The van der Waals surface area contributed by atoms with Gasteiger partial charge >= 0.3 is 0 Å². The highest BCUT2D eigenvalue weighted by atomic mass is 16.5. The Morgan fingerprint density at radius 1 is 1.07 bits per heavy atom. The Bertz CT molecular complexity index is 780. The van der Waals surface area contributed by atoms with Crippen LogP contribution < -0.4 is 4.90 Å². The predicted octanol–water partition coefficient (Wildman–Crippen LogP) is 3.20. The molecule has 0 saturated carbocycles. The number of carbonyl (C=O) groups is 2. The van der Waals surface area contributed by atoms with Gasteiger partial charge in [0.25, 0.3) is 0 Å². The van der Waals surface area contributed by atoms with Crippen LogP contribution >= 0.6 is 0 Å². The lowest BCUT2D eigenvalue weighted by atomic mass is 9.80. The second-order valence-electron chi connectivity index (χ2n) is 7.93. The van der Waals surface area contributed by atoms with E-state index in [1.165, 1.54) is 10.6 Å². The SMILES string of the molecule is Cc1ccc(N2C(=O)C[C@@H]([C@H]3CCCC=C3N3CCOCC3)C2=O)c(C)c1. The lowest BCUT2D eigenvalue weighted by Crippen LogP contribution is -2.41. The fraction of sp³-hybridized carbons (Fsp3) is 0.545. The van der Waals surface area contributed by atoms with E-state index >= 15 is 0 Å². The highest BCUT2D eigenvalue weighted by Gasteiger charge is 2.46. The van der Waals surface area contributed by atoms with Gasteiger partial charge in [0.2, 0.25) is 11.8 Å². The van der Waals surface area contributed by atoms with Crippen LogP contribution in [0.4, 0.5) is 5.69 Å². The first-order valence-corrected chi connectivity index (χ1v) is 10.0. The molecular weight excluding hydrogens is 340 g/mol. The maximum Gasteiger partial charge on any atom is 0.238 e. The number of ether oxygens (including phenoxy) is 1. The Hall–Kier alpha value is -2.14. The summed E-state index contributed by atoms with van der Waals surface area (Å²) in [6.07, 6.45) is 5.72. The van der Waals surface area contributed by atoms with E-state index in [2.05, 4.69) is 11.0 Å². The first kappa shape index (κ1) is 18.2. The molecule has 2 aliphatic heterocycles. The van der Waals surface area contributed by atoms with Crippen LogP contribution in [0.5, 0.6) is 0 Å². The number of hydrogen-bond donors (Lipinski definition) is 0. The lowest BCUT2D eigenvalue weighted by Gasteiger charge is -2.38. The summed E-state index contributed by atoms with van der Waals surface area (Å²) in [5.41, 5.74) is 4.12. The molecule has 2 amide bonds. The van der Waals surface area contributed by atoms with Crippen molar-refractivity contribution in [3.63, 3.8) is 0 Å². The monoisotopic (exact) mass is 368 g/mol. The van der Waals surface area contributed by atoms with Crippen LogP contribution in [0.15, 0.2) is 30.0 Å². The predicted molar refractivity (Wildman–Crippen MR) is 104 cm³/mol. The Kier molecular flexibility index (Phi) is 5.04. The van der Waals surface area contributed by atoms with Gasteiger partial charge in [-0.1, -0.05) is 23.8 Å². The minimum atomic E-state index is -0.243. The number of allylic oxidation sites excluding steroid dienone is 2. The molecule has 3 aliphatic rings. The minimum Gasteiger partial charge on any atom is -0.378 e. The van der Waals surface area contributed by atoms with Gasteiger partial charge in [0.05, 0.1) is 24.8 Å². The number of morpholine rings is 1. The third kappa shape index (κ3) is 3.41. The highest BCUT2D eigenvalue weighted by molar-refractivity contribution is 6.21. The molecule has 0 unspecified atom stereocenters. The van der Waals surface area contributed by atoms with Gasteiger partial charge in [-0.25, -0.2) is 0 Å². The smallest absolute Gasteiger partial charge is 0.238 e. The van der Waals surface area contributed by atoms with E-state index in [-0.39, 0.29) is 23.7 Å². The first-order chi connectivity index (χ1) is 13.1. The molecule has 0 spiro atoms. The van der Waals surface area contributed by atoms with E-state index in [1.807, 2.05) is 32.0 Å². The number of aryl methyl sites for hydroxylation is 2. The van der Waals surface area contributed by atoms with Gasteiger partial charge in [0, 0.05) is 31.1 Å². The summed E-state index contributed by atoms with van der Waals surface area (Å²) in [5.74, 6) is -0.196. The fourth-order valence-corrected chi connectivity index (χ4v) is 4.76. The summed E-state index contributed by atoms with van der Waals surface area (Å²) in [6, 6.07) is 5.90. The zero-order valence-electron chi connectivity index (χ0n) is 16.2. The third-order valence-electron chi connectivity index (χ3n) is 6.09. The molecule has 0 N–H and O–H groups in total. The van der Waals surface area contributed by atoms with Gasteiger partial charge in [0.15, 0.2) is 0 Å². The van der Waals surface area contributed by atoms with Crippen LogP contribution in [0.3, 0.4) is 0 Å². The van der Waals surface area contributed by atoms with Gasteiger partial charge in [-0.3, -0.25) is 14.5 Å². The van der Waals surface area contributed by atoms with Gasteiger partial charge < -0.3 is 9.64 Å². The van der Waals surface area contributed by atoms with E-state index in [0.29, 0.717) is 6.42 Å². The molecule has 144 valence electrons. The molecule has 2 atom stereocenters. The number of rotatable bonds is 3. The summed E-state index contributed by atoms with van der Waals surface area (Å²) in [7, 11) is 0. The molecule has 2 heterocycles. The van der Waals surface area contributed by atoms with Crippen LogP contribution in [0.1, 0.15) is 36.8 Å². The fourth-order valence-electron chi connectivity index (χ4n) is 4.76. The van der Waals surface area contributed by atoms with Crippen molar-refractivity contribution in [3.05, 3.63) is 41.1 Å². The van der Waals surface area contributed by atoms with Gasteiger partial charge in [-0.15, -0.1) is 0 Å². The second-order valence-corrected chi connectivity index (χ2v) is 7.93. The minimum absolute atomic E-state index is 0.0296. The summed E-state index contributed by atoms with van der Waals surface area (Å²) < 4.78 is 5.49. The van der Waals surface area contributed by atoms with Gasteiger partial charge in [-0.05, 0) is 44.7 Å². The largest absolute Gasteiger partial charge is 0.378 e. The van der Waals surface area contributed by atoms with E-state index in [0.717, 1.165) is 62.4 Å². The number of nitrogens with zero attached hydrogens (tertiary/aromatic N) is 2. The van der Waals surface area contributed by atoms with Crippen molar-refractivity contribution >= 4 is 17.5 Å². The van der Waals surface area contributed by atoms with Crippen LogP contribution in [-0.4, -0.2) is 43.0 Å². The molecule has 0 aromatic heterocycles. The lowest BCUT2D eigenvalue weighted by molar-refractivity contribution is -0.123. The number of imide groups is 1. The van der Waals surface area contributed by atoms with Crippen LogP contribution in [0.25, 0.3) is 0 Å². The van der Waals surface area contributed by atoms with Crippen molar-refractivity contribution in [3.8, 4) is 0 Å². The maximum absolute atomic E-state index is 13.3. The van der Waals surface area contributed by atoms with Crippen LogP contribution in [0.2, 0.25) is 0 Å². The van der Waals surface area contributed by atoms with Gasteiger partial charge in [-0.2, -0.15) is 0 Å². The molecule has 5 nitrogen and oxygen atoms in total. The summed E-state index contributed by atoms with van der Waals surface area (Å²) in [5, 5.41) is 0. The number of carbonyl (C=O) groups excluding carboxylic acids is 2. The van der Waals surface area contributed by atoms with Crippen molar-refractivity contribution in [2.45, 2.75) is 39.5 Å². The number of anilines is 1. The first-order valence-electron chi connectivity index (χ1n) is 10.0. The number of hydrogen-bond acceptors (Lipinski definition) is 4. The Morgan fingerprint density at radius 3 is 2.59 bits per heavy atom. The number of benzene rings is 1. The summed E-state index contributed by atoms with van der Waals surface area (Å²) in [4.78, 5) is 29.9. The molecule has 5 heteroatoms. The third-order valence-corrected chi connectivity index (χ3v) is 6.09. The molecule has 4 rings (SSSR count). The van der Waals surface area contributed by atoms with Crippen molar-refractivity contribution in [2.24, 2.45) is 11.8 Å². The van der Waals surface area contributed by atoms with Crippen molar-refractivity contribution in [1.29, 1.82) is 0 Å². The molecule has 0 bridgehead atoms. The zero-order valence-corrected chi connectivity index (χ0v) is 16.2. The molecule has 2 saturated heterocycles. The van der Waals surface area contributed by atoms with Crippen LogP contribution in [0, 0.1) is 25.7 Å². The summed E-state index contributed by atoms with van der Waals surface area (Å²) in [6.45, 7) is 7.20. The average molecular weight is 368 g/mol. The average Bonchev–Trinajstić information content (AvgIpc) is 2.97. The molecule has 1 aromatic rings. The van der Waals surface area contributed by atoms with Crippen molar-refractivity contribution in [1.82, 2.24) is 4.90 Å². The summed E-state index contributed by atoms with van der Waals surface area (Å²) >= 11 is 0. The van der Waals surface area contributed by atoms with E-state index in [4.69, 9.17) is 4.74 Å². The molecule has 1 aromatic carbocycles. The maximum atomic E-state index is 13.3. The Balaban J connectivity index is 1.60. The van der Waals surface area contributed by atoms with E-state index in [9.17, 15) is 9.59 Å². The molecule has 1 aliphatic carbocycles. The topological polar surface area (TPSA) is 49.9 Å². The molecule has 27 heavy (non-hydrogen) atoms. The number of amides is 2. The standard InChI is InChI=1S/C22H28N2O3/c1-15-7-8-19(16(2)13-15)24-21(25)14-18(22(24)26)17-5-3-4-6-20(17)23-9-11-27-12-10-23/h6-8,13,17-18H,3-5,9-12,14H2,1-2H3/t17-,18+/m1/s1. The Labute approximate surface area is 161 Å². The van der Waals surface area contributed by atoms with Crippen molar-refractivity contribution < 1.29 is 14.3 Å². The second kappa shape index (κ2) is 7.47. The van der Waals surface area contributed by atoms with Crippen LogP contribution in [-0.2, 0) is 14.3 Å². The van der Waals surface area contributed by atoms with E-state index < -0.39 is 0 Å². The quantitative estimate of drug-likeness (QED) is 0.769. The Morgan fingerprint density at radius 2 is 1.85 bits per heavy atom.